The van der Waals surface area contributed by atoms with Crippen LogP contribution in [0, 0.1) is 0 Å². The van der Waals surface area contributed by atoms with Crippen molar-refractivity contribution in [3.05, 3.63) is 27.7 Å². The van der Waals surface area contributed by atoms with Crippen molar-refractivity contribution in [3.8, 4) is 0 Å². The zero-order valence-electron chi connectivity index (χ0n) is 9.16. The minimum atomic E-state index is -4.19. The number of nitrogens with two attached hydrogens (primary N) is 1. The highest BCUT2D eigenvalue weighted by Crippen LogP contribution is 2.28. The molecule has 0 aromatic heterocycles. The van der Waals surface area contributed by atoms with Gasteiger partial charge in [-0.2, -0.15) is 0 Å². The number of alkyl halides is 2. The summed E-state index contributed by atoms with van der Waals surface area (Å²) < 4.78 is 46.4. The number of carbonyl (C=O) groups excluding carboxylic acids is 1. The number of sulfonamides is 1. The number of hydrogen-bond donors (Lipinski definition) is 2. The van der Waals surface area contributed by atoms with Crippen molar-refractivity contribution < 1.29 is 22.0 Å². The number of amides is 1. The van der Waals surface area contributed by atoms with E-state index in [9.17, 15) is 22.0 Å². The molecule has 10 heteroatoms. The van der Waals surface area contributed by atoms with Crippen molar-refractivity contribution in [2.75, 3.05) is 6.54 Å². The Morgan fingerprint density at radius 1 is 1.37 bits per heavy atom. The number of carbonyl (C=O) groups is 1. The summed E-state index contributed by atoms with van der Waals surface area (Å²) in [5.41, 5.74) is -0.348. The first-order valence-electron chi connectivity index (χ1n) is 4.71. The van der Waals surface area contributed by atoms with Crippen LogP contribution in [0.15, 0.2) is 17.0 Å². The molecule has 0 aliphatic carbocycles. The molecule has 0 saturated heterocycles. The average Bonchev–Trinajstić information content (AvgIpc) is 2.27. The minimum Gasteiger partial charge on any atom is -0.346 e. The van der Waals surface area contributed by atoms with Crippen LogP contribution in [-0.2, 0) is 10.0 Å². The van der Waals surface area contributed by atoms with E-state index in [1.54, 1.807) is 0 Å². The number of halogens is 4. The molecule has 1 rings (SSSR count). The normalized spacial score (nSPS) is 11.7. The Hall–Kier alpha value is -0.960. The van der Waals surface area contributed by atoms with Gasteiger partial charge in [-0.05, 0) is 12.1 Å². The van der Waals surface area contributed by atoms with Crippen LogP contribution >= 0.6 is 23.2 Å². The predicted octanol–water partition coefficient (Wildman–Crippen LogP) is 1.64. The highest BCUT2D eigenvalue weighted by Gasteiger charge is 2.21. The molecule has 0 aliphatic heterocycles. The van der Waals surface area contributed by atoms with Gasteiger partial charge in [0.1, 0.15) is 4.90 Å². The predicted molar refractivity (Wildman–Crippen MR) is 66.2 cm³/mol. The first-order valence-corrected chi connectivity index (χ1v) is 7.01. The standard InChI is InChI=1S/C9H8Cl2F2N2O3S/c10-4-1-5(9(16)15-3-7(12)13)8(11)6(2-4)19(14,17)18/h1-2,7H,3H2,(H,15,16)(H2,14,17,18). The fourth-order valence-electron chi connectivity index (χ4n) is 1.20. The smallest absolute Gasteiger partial charge is 0.255 e. The molecule has 0 spiro atoms. The van der Waals surface area contributed by atoms with E-state index in [4.69, 9.17) is 28.3 Å². The van der Waals surface area contributed by atoms with Crippen LogP contribution in [0.25, 0.3) is 0 Å². The van der Waals surface area contributed by atoms with Crippen molar-refractivity contribution in [2.24, 2.45) is 5.14 Å². The largest absolute Gasteiger partial charge is 0.346 e. The second-order valence-corrected chi connectivity index (χ2v) is 5.76. The third-order valence-electron chi connectivity index (χ3n) is 1.97. The van der Waals surface area contributed by atoms with Crippen molar-refractivity contribution in [3.63, 3.8) is 0 Å². The van der Waals surface area contributed by atoms with Gasteiger partial charge in [0.15, 0.2) is 0 Å². The van der Waals surface area contributed by atoms with E-state index in [1.807, 2.05) is 5.32 Å². The average molecular weight is 333 g/mol. The van der Waals surface area contributed by atoms with Crippen LogP contribution in [0.1, 0.15) is 10.4 Å². The first kappa shape index (κ1) is 16.1. The lowest BCUT2D eigenvalue weighted by Crippen LogP contribution is -2.29. The third-order valence-corrected chi connectivity index (χ3v) is 3.64. The van der Waals surface area contributed by atoms with E-state index >= 15 is 0 Å². The summed E-state index contributed by atoms with van der Waals surface area (Å²) in [5, 5.41) is 6.18. The van der Waals surface area contributed by atoms with Gasteiger partial charge in [-0.1, -0.05) is 23.2 Å². The Bertz CT molecular complexity index is 608. The van der Waals surface area contributed by atoms with Crippen LogP contribution in [0.5, 0.6) is 0 Å². The second kappa shape index (κ2) is 6.00. The number of nitrogens with one attached hydrogen (secondary N) is 1. The molecule has 0 fully saturated rings. The molecule has 1 amide bonds. The van der Waals surface area contributed by atoms with E-state index in [1.165, 1.54) is 0 Å². The number of hydrogen-bond acceptors (Lipinski definition) is 3. The molecule has 1 aromatic carbocycles. The summed E-state index contributed by atoms with van der Waals surface area (Å²) in [5.74, 6) is -0.974. The zero-order valence-corrected chi connectivity index (χ0v) is 11.5. The Morgan fingerprint density at radius 3 is 2.42 bits per heavy atom. The fraction of sp³-hybridized carbons (Fsp3) is 0.222. The monoisotopic (exact) mass is 332 g/mol. The molecular weight excluding hydrogens is 325 g/mol. The van der Waals surface area contributed by atoms with Crippen molar-refractivity contribution >= 4 is 39.1 Å². The maximum atomic E-state index is 12.0. The highest BCUT2D eigenvalue weighted by atomic mass is 35.5. The molecule has 3 N–H and O–H groups in total. The zero-order chi connectivity index (χ0) is 14.8. The Morgan fingerprint density at radius 2 is 1.95 bits per heavy atom. The third kappa shape index (κ3) is 4.27. The van der Waals surface area contributed by atoms with Crippen molar-refractivity contribution in [1.82, 2.24) is 5.32 Å². The molecule has 0 radical (unpaired) electrons. The number of rotatable bonds is 4. The van der Waals surface area contributed by atoms with Gasteiger partial charge in [0.25, 0.3) is 12.3 Å². The van der Waals surface area contributed by atoms with E-state index < -0.39 is 38.8 Å². The molecule has 19 heavy (non-hydrogen) atoms. The van der Waals surface area contributed by atoms with E-state index in [0.717, 1.165) is 12.1 Å². The van der Waals surface area contributed by atoms with Crippen molar-refractivity contribution in [2.45, 2.75) is 11.3 Å². The van der Waals surface area contributed by atoms with Gasteiger partial charge in [0, 0.05) is 5.02 Å². The van der Waals surface area contributed by atoms with E-state index in [0.29, 0.717) is 0 Å². The topological polar surface area (TPSA) is 89.3 Å². The SMILES string of the molecule is NS(=O)(=O)c1cc(Cl)cc(C(=O)NCC(F)F)c1Cl. The Kier molecular flexibility index (Phi) is 5.08. The summed E-state index contributed by atoms with van der Waals surface area (Å²) in [6.07, 6.45) is -2.75. The summed E-state index contributed by atoms with van der Waals surface area (Å²) in [6, 6.07) is 2.02. The highest BCUT2D eigenvalue weighted by molar-refractivity contribution is 7.89. The van der Waals surface area contributed by atoms with Gasteiger partial charge in [0.2, 0.25) is 10.0 Å². The van der Waals surface area contributed by atoms with Gasteiger partial charge in [-0.25, -0.2) is 22.3 Å². The molecule has 0 saturated carbocycles. The van der Waals surface area contributed by atoms with E-state index in [-0.39, 0.29) is 10.6 Å². The van der Waals surface area contributed by atoms with Crippen LogP contribution in [0.3, 0.4) is 0 Å². The number of primary sulfonamides is 1. The van der Waals surface area contributed by atoms with Gasteiger partial charge < -0.3 is 5.32 Å². The lowest BCUT2D eigenvalue weighted by Gasteiger charge is -2.09. The maximum absolute atomic E-state index is 12.0. The molecular formula is C9H8Cl2F2N2O3S. The van der Waals surface area contributed by atoms with Crippen LogP contribution < -0.4 is 10.5 Å². The molecule has 5 nitrogen and oxygen atoms in total. The molecule has 0 heterocycles. The molecule has 106 valence electrons. The lowest BCUT2D eigenvalue weighted by atomic mass is 10.2. The fourth-order valence-corrected chi connectivity index (χ4v) is 2.65. The summed E-state index contributed by atoms with van der Waals surface area (Å²) >= 11 is 11.3. The molecule has 0 bridgehead atoms. The number of benzene rings is 1. The van der Waals surface area contributed by atoms with Gasteiger partial charge in [-0.3, -0.25) is 4.79 Å². The van der Waals surface area contributed by atoms with Crippen molar-refractivity contribution in [1.29, 1.82) is 0 Å². The molecule has 0 atom stereocenters. The minimum absolute atomic E-state index is 0.115. The van der Waals surface area contributed by atoms with Crippen LogP contribution in [0.4, 0.5) is 8.78 Å². The van der Waals surface area contributed by atoms with Gasteiger partial charge >= 0.3 is 0 Å². The van der Waals surface area contributed by atoms with E-state index in [2.05, 4.69) is 0 Å². The quantitative estimate of drug-likeness (QED) is 0.878. The molecule has 0 unspecified atom stereocenters. The molecule has 0 aliphatic rings. The Balaban J connectivity index is 3.22. The first-order chi connectivity index (χ1) is 8.62. The van der Waals surface area contributed by atoms with Crippen LogP contribution in [0.2, 0.25) is 10.0 Å². The molecule has 1 aromatic rings. The lowest BCUT2D eigenvalue weighted by molar-refractivity contribution is 0.0891. The maximum Gasteiger partial charge on any atom is 0.255 e. The van der Waals surface area contributed by atoms with Gasteiger partial charge in [-0.15, -0.1) is 0 Å². The second-order valence-electron chi connectivity index (χ2n) is 3.41. The summed E-state index contributed by atoms with van der Waals surface area (Å²) in [6.45, 7) is -0.896. The Labute approximate surface area is 117 Å². The van der Waals surface area contributed by atoms with Crippen LogP contribution in [-0.4, -0.2) is 27.3 Å². The summed E-state index contributed by atoms with van der Waals surface area (Å²) in [7, 11) is -4.19. The summed E-state index contributed by atoms with van der Waals surface area (Å²) in [4.78, 5) is 11.0. The van der Waals surface area contributed by atoms with Gasteiger partial charge in [0.05, 0.1) is 17.1 Å².